The molecule has 4 heterocycles. The molecule has 0 aliphatic carbocycles. The first-order chi connectivity index (χ1) is 16.0. The van der Waals surface area contributed by atoms with Gasteiger partial charge in [0.05, 0.1) is 11.8 Å². The molecule has 0 bridgehead atoms. The van der Waals surface area contributed by atoms with Crippen LogP contribution in [0.5, 0.6) is 0 Å². The summed E-state index contributed by atoms with van der Waals surface area (Å²) in [4.78, 5) is 45.6. The third-order valence-electron chi connectivity index (χ3n) is 7.80. The zero-order chi connectivity index (χ0) is 22.9. The van der Waals surface area contributed by atoms with Crippen molar-refractivity contribution in [1.82, 2.24) is 15.2 Å². The number of para-hydroxylation sites is 2. The van der Waals surface area contributed by atoms with Crippen LogP contribution < -0.4 is 10.6 Å². The lowest BCUT2D eigenvalue weighted by Crippen LogP contribution is -2.54. The molecule has 6 rings (SSSR count). The fourth-order valence-corrected chi connectivity index (χ4v) is 6.11. The fourth-order valence-electron chi connectivity index (χ4n) is 6.11. The summed E-state index contributed by atoms with van der Waals surface area (Å²) in [6, 6.07) is 14.9. The average molecular weight is 443 g/mol. The van der Waals surface area contributed by atoms with Gasteiger partial charge in [-0.25, -0.2) is 0 Å². The summed E-state index contributed by atoms with van der Waals surface area (Å²) < 4.78 is 0. The van der Waals surface area contributed by atoms with Crippen LogP contribution in [0.25, 0.3) is 10.9 Å². The van der Waals surface area contributed by atoms with Crippen molar-refractivity contribution < 1.29 is 14.4 Å². The fraction of sp³-hybridized carbons (Fsp3) is 0.346. The van der Waals surface area contributed by atoms with Crippen molar-refractivity contribution in [2.24, 2.45) is 11.8 Å². The Labute approximate surface area is 191 Å². The van der Waals surface area contributed by atoms with Crippen LogP contribution in [-0.4, -0.2) is 39.7 Å². The smallest absolute Gasteiger partial charge is 0.250 e. The molecule has 3 aromatic rings. The molecule has 2 aromatic carbocycles. The van der Waals surface area contributed by atoms with Crippen molar-refractivity contribution in [3.05, 3.63) is 65.9 Å². The van der Waals surface area contributed by atoms with E-state index in [2.05, 4.69) is 15.6 Å². The lowest BCUT2D eigenvalue weighted by molar-refractivity contribution is -0.145. The van der Waals surface area contributed by atoms with E-state index >= 15 is 0 Å². The molecule has 33 heavy (non-hydrogen) atoms. The van der Waals surface area contributed by atoms with E-state index in [1.807, 2.05) is 68.6 Å². The van der Waals surface area contributed by atoms with Crippen LogP contribution in [0.2, 0.25) is 0 Å². The first kappa shape index (κ1) is 20.2. The normalized spacial score (nSPS) is 29.1. The Morgan fingerprint density at radius 2 is 1.79 bits per heavy atom. The highest BCUT2D eigenvalue weighted by Gasteiger charge is 2.70. The van der Waals surface area contributed by atoms with E-state index in [-0.39, 0.29) is 29.8 Å². The predicted octanol–water partition coefficient (Wildman–Crippen LogP) is 2.93. The number of fused-ring (bicyclic) bond motifs is 5. The zero-order valence-electron chi connectivity index (χ0n) is 18.6. The summed E-state index contributed by atoms with van der Waals surface area (Å²) in [6.07, 6.45) is 3.17. The topological polar surface area (TPSA) is 94.3 Å². The molecule has 0 saturated carbocycles. The molecule has 2 saturated heterocycles. The molecule has 0 radical (unpaired) electrons. The number of rotatable bonds is 4. The van der Waals surface area contributed by atoms with E-state index in [0.717, 1.165) is 22.0 Å². The van der Waals surface area contributed by atoms with Gasteiger partial charge in [0.1, 0.15) is 5.54 Å². The van der Waals surface area contributed by atoms with Crippen LogP contribution >= 0.6 is 0 Å². The maximum Gasteiger partial charge on any atom is 0.250 e. The van der Waals surface area contributed by atoms with Gasteiger partial charge in [0, 0.05) is 40.4 Å². The third-order valence-corrected chi connectivity index (χ3v) is 7.80. The number of nitrogens with one attached hydrogen (secondary N) is 3. The number of anilines is 1. The molecule has 7 heteroatoms. The van der Waals surface area contributed by atoms with Crippen molar-refractivity contribution in [2.45, 2.75) is 44.3 Å². The number of hydrogen-bond donors (Lipinski definition) is 3. The van der Waals surface area contributed by atoms with Gasteiger partial charge < -0.3 is 10.3 Å². The number of aromatic amines is 1. The van der Waals surface area contributed by atoms with E-state index in [1.54, 1.807) is 0 Å². The van der Waals surface area contributed by atoms with E-state index in [4.69, 9.17) is 0 Å². The number of imide groups is 1. The van der Waals surface area contributed by atoms with Gasteiger partial charge in [-0.2, -0.15) is 0 Å². The van der Waals surface area contributed by atoms with Gasteiger partial charge >= 0.3 is 0 Å². The largest absolute Gasteiger partial charge is 0.361 e. The molecule has 3 N–H and O–H groups in total. The minimum absolute atomic E-state index is 0.175. The second-order valence-electron chi connectivity index (χ2n) is 9.43. The molecule has 1 spiro atoms. The van der Waals surface area contributed by atoms with Gasteiger partial charge in [-0.05, 0) is 37.5 Å². The highest BCUT2D eigenvalue weighted by molar-refractivity contribution is 6.15. The number of carbonyl (C=O) groups excluding carboxylic acids is 3. The number of benzene rings is 2. The Morgan fingerprint density at radius 3 is 2.61 bits per heavy atom. The lowest BCUT2D eigenvalue weighted by atomic mass is 9.76. The van der Waals surface area contributed by atoms with Crippen LogP contribution in [0.4, 0.5) is 5.69 Å². The quantitative estimate of drug-likeness (QED) is 0.542. The van der Waals surface area contributed by atoms with E-state index in [0.29, 0.717) is 18.5 Å². The summed E-state index contributed by atoms with van der Waals surface area (Å²) in [7, 11) is 0. The summed E-state index contributed by atoms with van der Waals surface area (Å²) >= 11 is 0. The molecule has 5 atom stereocenters. The molecule has 3 aliphatic heterocycles. The Balaban J connectivity index is 1.49. The molecule has 7 nitrogen and oxygen atoms in total. The standard InChI is InChI=1S/C26H26N4O3/c1-3-14(2)30-23(31)21-20(12-15-13-27-18-10-6-4-8-16(15)18)29-26(22(21)24(30)32)17-9-5-7-11-19(17)28-25(26)33/h4-11,13-14,20-22,27,29H,3,12H2,1-2H3,(H,28,33). The first-order valence-electron chi connectivity index (χ1n) is 11.6. The van der Waals surface area contributed by atoms with E-state index in [1.165, 1.54) is 4.90 Å². The second kappa shape index (κ2) is 7.02. The molecule has 1 aromatic heterocycles. The Bertz CT molecular complexity index is 1310. The van der Waals surface area contributed by atoms with Gasteiger partial charge in [-0.1, -0.05) is 43.3 Å². The van der Waals surface area contributed by atoms with Gasteiger partial charge in [0.25, 0.3) is 0 Å². The average Bonchev–Trinajstić information content (AvgIpc) is 3.53. The number of carbonyl (C=O) groups is 3. The summed E-state index contributed by atoms with van der Waals surface area (Å²) in [6.45, 7) is 3.86. The van der Waals surface area contributed by atoms with Gasteiger partial charge in [0.15, 0.2) is 0 Å². The number of amides is 3. The number of aromatic nitrogens is 1. The van der Waals surface area contributed by atoms with Crippen LogP contribution in [0.3, 0.4) is 0 Å². The zero-order valence-corrected chi connectivity index (χ0v) is 18.6. The molecule has 2 fully saturated rings. The Hall–Kier alpha value is -3.45. The number of likely N-dealkylation sites (tertiary alicyclic amines) is 1. The molecule has 5 unspecified atom stereocenters. The molecule has 3 aliphatic rings. The monoisotopic (exact) mass is 442 g/mol. The number of H-pyrrole nitrogens is 1. The van der Waals surface area contributed by atoms with Crippen LogP contribution in [0.15, 0.2) is 54.7 Å². The van der Waals surface area contributed by atoms with Crippen LogP contribution in [0, 0.1) is 11.8 Å². The predicted molar refractivity (Wildman–Crippen MR) is 124 cm³/mol. The number of hydrogen-bond acceptors (Lipinski definition) is 4. The van der Waals surface area contributed by atoms with Gasteiger partial charge in [-0.3, -0.25) is 24.6 Å². The third kappa shape index (κ3) is 2.57. The minimum Gasteiger partial charge on any atom is -0.361 e. The Kier molecular flexibility index (Phi) is 4.29. The van der Waals surface area contributed by atoms with Crippen LogP contribution in [-0.2, 0) is 26.3 Å². The highest BCUT2D eigenvalue weighted by atomic mass is 16.2. The maximum absolute atomic E-state index is 13.8. The van der Waals surface area contributed by atoms with Crippen molar-refractivity contribution >= 4 is 34.3 Å². The second-order valence-corrected chi connectivity index (χ2v) is 9.43. The lowest BCUT2D eigenvalue weighted by Gasteiger charge is -2.31. The van der Waals surface area contributed by atoms with E-state index < -0.39 is 17.4 Å². The maximum atomic E-state index is 13.8. The van der Waals surface area contributed by atoms with Gasteiger partial charge in [-0.15, -0.1) is 0 Å². The van der Waals surface area contributed by atoms with Crippen molar-refractivity contribution in [2.75, 3.05) is 5.32 Å². The highest BCUT2D eigenvalue weighted by Crippen LogP contribution is 2.53. The Morgan fingerprint density at radius 1 is 1.03 bits per heavy atom. The summed E-state index contributed by atoms with van der Waals surface area (Å²) in [5.74, 6) is -2.05. The summed E-state index contributed by atoms with van der Waals surface area (Å²) in [5, 5.41) is 7.56. The summed E-state index contributed by atoms with van der Waals surface area (Å²) in [5.41, 5.74) is 2.29. The van der Waals surface area contributed by atoms with Crippen molar-refractivity contribution in [1.29, 1.82) is 0 Å². The van der Waals surface area contributed by atoms with Crippen molar-refractivity contribution in [3.63, 3.8) is 0 Å². The van der Waals surface area contributed by atoms with Gasteiger partial charge in [0.2, 0.25) is 17.7 Å². The molecule has 168 valence electrons. The van der Waals surface area contributed by atoms with E-state index in [9.17, 15) is 14.4 Å². The van der Waals surface area contributed by atoms with Crippen molar-refractivity contribution in [3.8, 4) is 0 Å². The minimum atomic E-state index is -1.24. The molecular weight excluding hydrogens is 416 g/mol. The molecule has 3 amide bonds. The number of nitrogens with zero attached hydrogens (tertiary/aromatic N) is 1. The SMILES string of the molecule is CCC(C)N1C(=O)C2C(Cc3c[nH]c4ccccc34)NC3(C(=O)Nc4ccccc43)C2C1=O. The molecular formula is C26H26N4O3. The first-order valence-corrected chi connectivity index (χ1v) is 11.6. The van der Waals surface area contributed by atoms with Crippen LogP contribution in [0.1, 0.15) is 31.4 Å².